The zero-order valence-corrected chi connectivity index (χ0v) is 19.6. The lowest BCUT2D eigenvalue weighted by Crippen LogP contribution is -2.60. The lowest BCUT2D eigenvalue weighted by atomic mass is 9.84. The quantitative estimate of drug-likeness (QED) is 0.582. The summed E-state index contributed by atoms with van der Waals surface area (Å²) in [6.45, 7) is 4.42. The molecule has 3 aliphatic rings. The van der Waals surface area contributed by atoms with Crippen LogP contribution in [0.25, 0.3) is 5.69 Å². The molecule has 0 aliphatic carbocycles. The Kier molecular flexibility index (Phi) is 5.38. The maximum atomic E-state index is 13.6. The van der Waals surface area contributed by atoms with E-state index in [1.807, 2.05) is 35.4 Å². The number of hydrogen-bond donors (Lipinski definition) is 0. The predicted molar refractivity (Wildman–Crippen MR) is 130 cm³/mol. The fourth-order valence-electron chi connectivity index (χ4n) is 5.52. The van der Waals surface area contributed by atoms with Gasteiger partial charge in [-0.05, 0) is 74.3 Å². The standard InChI is InChI=1S/C27H30N4O3/c1-33-24-11-9-23(10-12-24)31-25-20(17-28-31)13-16-30(26(25)32)22-7-5-21(6-8-22)27(18-34-19-27)29-14-3-2-4-15-29/h5-12,17H,2-4,13-16,18-19H2,1H3. The van der Waals surface area contributed by atoms with Crippen molar-refractivity contribution in [2.75, 3.05) is 44.9 Å². The number of benzene rings is 2. The fraction of sp³-hybridized carbons (Fsp3) is 0.407. The van der Waals surface area contributed by atoms with Crippen LogP contribution in [0.1, 0.15) is 40.9 Å². The van der Waals surface area contributed by atoms with Gasteiger partial charge in [-0.2, -0.15) is 5.10 Å². The number of nitrogens with zero attached hydrogens (tertiary/aromatic N) is 4. The molecule has 0 saturated carbocycles. The van der Waals surface area contributed by atoms with E-state index in [0.717, 1.165) is 55.4 Å². The van der Waals surface area contributed by atoms with E-state index in [-0.39, 0.29) is 11.4 Å². The summed E-state index contributed by atoms with van der Waals surface area (Å²) >= 11 is 0. The highest BCUT2D eigenvalue weighted by Gasteiger charge is 2.45. The summed E-state index contributed by atoms with van der Waals surface area (Å²) in [5.41, 5.74) is 4.68. The number of hydrogen-bond acceptors (Lipinski definition) is 5. The number of rotatable bonds is 5. The SMILES string of the molecule is COc1ccc(-n2ncc3c2C(=O)N(c2ccc(C4(N5CCCCC5)COC4)cc2)CC3)cc1. The normalized spacial score (nSPS) is 20.0. The number of carbonyl (C=O) groups is 1. The van der Waals surface area contributed by atoms with E-state index in [4.69, 9.17) is 9.47 Å². The first-order valence-electron chi connectivity index (χ1n) is 12.2. The van der Waals surface area contributed by atoms with Gasteiger partial charge in [-0.1, -0.05) is 18.6 Å². The summed E-state index contributed by atoms with van der Waals surface area (Å²) in [4.78, 5) is 18.1. The maximum Gasteiger partial charge on any atom is 0.277 e. The van der Waals surface area contributed by atoms with Gasteiger partial charge in [0.05, 0.1) is 37.7 Å². The molecule has 3 aliphatic heterocycles. The first-order chi connectivity index (χ1) is 16.7. The maximum absolute atomic E-state index is 13.6. The highest BCUT2D eigenvalue weighted by Crippen LogP contribution is 2.39. The molecule has 0 spiro atoms. The van der Waals surface area contributed by atoms with E-state index < -0.39 is 0 Å². The third-order valence-electron chi connectivity index (χ3n) is 7.57. The molecule has 3 aromatic rings. The van der Waals surface area contributed by atoms with Gasteiger partial charge >= 0.3 is 0 Å². The average molecular weight is 459 g/mol. The van der Waals surface area contributed by atoms with Crippen LogP contribution < -0.4 is 9.64 Å². The van der Waals surface area contributed by atoms with Crippen LogP contribution in [0.5, 0.6) is 5.75 Å². The molecule has 6 rings (SSSR count). The Labute approximate surface area is 199 Å². The topological polar surface area (TPSA) is 59.8 Å². The Morgan fingerprint density at radius 3 is 2.26 bits per heavy atom. The summed E-state index contributed by atoms with van der Waals surface area (Å²) in [6.07, 6.45) is 6.43. The van der Waals surface area contributed by atoms with Crippen molar-refractivity contribution in [1.29, 1.82) is 0 Å². The van der Waals surface area contributed by atoms with Gasteiger partial charge in [0.1, 0.15) is 11.4 Å². The summed E-state index contributed by atoms with van der Waals surface area (Å²) in [5, 5.41) is 4.53. The van der Waals surface area contributed by atoms with Crippen LogP contribution in [0.3, 0.4) is 0 Å². The van der Waals surface area contributed by atoms with Crippen molar-refractivity contribution in [2.24, 2.45) is 0 Å². The summed E-state index contributed by atoms with van der Waals surface area (Å²) in [7, 11) is 1.64. The van der Waals surface area contributed by atoms with Gasteiger partial charge in [0, 0.05) is 17.8 Å². The molecule has 0 radical (unpaired) electrons. The van der Waals surface area contributed by atoms with Gasteiger partial charge in [0.15, 0.2) is 0 Å². The zero-order valence-electron chi connectivity index (χ0n) is 19.6. The van der Waals surface area contributed by atoms with Crippen molar-refractivity contribution in [3.63, 3.8) is 0 Å². The van der Waals surface area contributed by atoms with Crippen LogP contribution in [0.4, 0.5) is 5.69 Å². The van der Waals surface area contributed by atoms with Crippen molar-refractivity contribution in [2.45, 2.75) is 31.2 Å². The summed E-state index contributed by atoms with van der Waals surface area (Å²) < 4.78 is 12.7. The van der Waals surface area contributed by atoms with Crippen LogP contribution in [0.15, 0.2) is 54.7 Å². The molecule has 7 nitrogen and oxygen atoms in total. The van der Waals surface area contributed by atoms with Crippen molar-refractivity contribution in [1.82, 2.24) is 14.7 Å². The van der Waals surface area contributed by atoms with Crippen molar-refractivity contribution >= 4 is 11.6 Å². The van der Waals surface area contributed by atoms with Crippen molar-refractivity contribution < 1.29 is 14.3 Å². The lowest BCUT2D eigenvalue weighted by molar-refractivity contribution is -0.151. The molecule has 176 valence electrons. The Morgan fingerprint density at radius 1 is 0.912 bits per heavy atom. The molecule has 7 heteroatoms. The minimum absolute atomic E-state index is 0.00892. The molecule has 2 saturated heterocycles. The minimum Gasteiger partial charge on any atom is -0.497 e. The zero-order chi connectivity index (χ0) is 23.1. The first kappa shape index (κ1) is 21.4. The van der Waals surface area contributed by atoms with Gasteiger partial charge in [-0.3, -0.25) is 9.69 Å². The highest BCUT2D eigenvalue weighted by atomic mass is 16.5. The lowest BCUT2D eigenvalue weighted by Gasteiger charge is -2.51. The smallest absolute Gasteiger partial charge is 0.277 e. The third kappa shape index (κ3) is 3.42. The van der Waals surface area contributed by atoms with E-state index in [9.17, 15) is 4.79 Å². The number of fused-ring (bicyclic) bond motifs is 1. The van der Waals surface area contributed by atoms with Gasteiger partial charge in [0.2, 0.25) is 0 Å². The fourth-order valence-corrected chi connectivity index (χ4v) is 5.52. The molecule has 0 bridgehead atoms. The van der Waals surface area contributed by atoms with Crippen molar-refractivity contribution in [3.8, 4) is 11.4 Å². The third-order valence-corrected chi connectivity index (χ3v) is 7.57. The predicted octanol–water partition coefficient (Wildman–Crippen LogP) is 3.80. The highest BCUT2D eigenvalue weighted by molar-refractivity contribution is 6.07. The molecule has 34 heavy (non-hydrogen) atoms. The van der Waals surface area contributed by atoms with E-state index in [1.165, 1.54) is 24.8 Å². The van der Waals surface area contributed by atoms with Crippen LogP contribution in [-0.4, -0.2) is 60.5 Å². The van der Waals surface area contributed by atoms with Crippen LogP contribution >= 0.6 is 0 Å². The molecule has 0 unspecified atom stereocenters. The number of piperidine rings is 1. The molecule has 2 fully saturated rings. The second-order valence-electron chi connectivity index (χ2n) is 9.45. The second kappa shape index (κ2) is 8.56. The molecule has 1 aromatic heterocycles. The average Bonchev–Trinajstić information content (AvgIpc) is 3.30. The molecule has 2 aromatic carbocycles. The monoisotopic (exact) mass is 458 g/mol. The Balaban J connectivity index is 1.27. The molecule has 1 amide bonds. The van der Waals surface area contributed by atoms with Gasteiger partial charge in [-0.15, -0.1) is 0 Å². The Morgan fingerprint density at radius 2 is 1.62 bits per heavy atom. The number of amides is 1. The van der Waals surface area contributed by atoms with Crippen LogP contribution in [-0.2, 0) is 16.7 Å². The van der Waals surface area contributed by atoms with E-state index in [1.54, 1.807) is 11.8 Å². The molecular weight excluding hydrogens is 428 g/mol. The van der Waals surface area contributed by atoms with E-state index in [0.29, 0.717) is 12.2 Å². The van der Waals surface area contributed by atoms with E-state index >= 15 is 0 Å². The van der Waals surface area contributed by atoms with Crippen LogP contribution in [0, 0.1) is 0 Å². The minimum atomic E-state index is -0.0139. The Bertz CT molecular complexity index is 1180. The summed E-state index contributed by atoms with van der Waals surface area (Å²) in [6, 6.07) is 16.2. The number of carbonyl (C=O) groups excluding carboxylic acids is 1. The largest absolute Gasteiger partial charge is 0.497 e. The Hall–Kier alpha value is -3.16. The number of methoxy groups -OCH3 is 1. The summed E-state index contributed by atoms with van der Waals surface area (Å²) in [5.74, 6) is 0.761. The number of ether oxygens (including phenoxy) is 2. The molecule has 0 N–H and O–H groups in total. The molecular formula is C27H30N4O3. The van der Waals surface area contributed by atoms with Crippen LogP contribution in [0.2, 0.25) is 0 Å². The number of likely N-dealkylation sites (tertiary alicyclic amines) is 1. The number of aromatic nitrogens is 2. The second-order valence-corrected chi connectivity index (χ2v) is 9.45. The molecule has 4 heterocycles. The van der Waals surface area contributed by atoms with Gasteiger partial charge in [-0.25, -0.2) is 4.68 Å². The first-order valence-corrected chi connectivity index (χ1v) is 12.2. The number of anilines is 1. The molecule has 0 atom stereocenters. The van der Waals surface area contributed by atoms with Gasteiger partial charge in [0.25, 0.3) is 5.91 Å². The van der Waals surface area contributed by atoms with Gasteiger partial charge < -0.3 is 14.4 Å². The van der Waals surface area contributed by atoms with E-state index in [2.05, 4.69) is 34.3 Å². The van der Waals surface area contributed by atoms with Crippen molar-refractivity contribution in [3.05, 3.63) is 71.5 Å².